The Morgan fingerprint density at radius 2 is 1.86 bits per heavy atom. The van der Waals surface area contributed by atoms with Gasteiger partial charge in [-0.15, -0.1) is 12.4 Å². The van der Waals surface area contributed by atoms with Crippen molar-refractivity contribution in [3.8, 4) is 5.75 Å². The Balaban J connectivity index is 0.00000400. The number of halogens is 1. The number of amides is 1. The number of methoxy groups -OCH3 is 1. The molecule has 1 atom stereocenters. The summed E-state index contributed by atoms with van der Waals surface area (Å²) in [6.45, 7) is 5.09. The average molecular weight is 315 g/mol. The number of nitrogens with one attached hydrogen (secondary N) is 2. The van der Waals surface area contributed by atoms with Gasteiger partial charge in [0.25, 0.3) is 0 Å². The van der Waals surface area contributed by atoms with Gasteiger partial charge in [-0.25, -0.2) is 0 Å². The van der Waals surface area contributed by atoms with Gasteiger partial charge in [-0.05, 0) is 43.6 Å². The first-order valence-corrected chi connectivity index (χ1v) is 7.16. The molecule has 4 nitrogen and oxygen atoms in total. The molecule has 1 unspecified atom stereocenters. The molecule has 0 aromatic heterocycles. The second-order valence-electron chi connectivity index (χ2n) is 5.27. The molecule has 0 spiro atoms. The van der Waals surface area contributed by atoms with Gasteiger partial charge in [0, 0.05) is 6.42 Å². The number of hydrogen-bond acceptors (Lipinski definition) is 3. The van der Waals surface area contributed by atoms with E-state index in [-0.39, 0.29) is 24.4 Å². The first kappa shape index (κ1) is 19.7. The molecule has 120 valence electrons. The Morgan fingerprint density at radius 1 is 1.24 bits per heavy atom. The van der Waals surface area contributed by atoms with Crippen LogP contribution in [0.5, 0.6) is 5.75 Å². The minimum absolute atomic E-state index is 0. The third-order valence-electron chi connectivity index (χ3n) is 3.29. The van der Waals surface area contributed by atoms with Crippen LogP contribution in [0.2, 0.25) is 0 Å². The summed E-state index contributed by atoms with van der Waals surface area (Å²) in [6.07, 6.45) is 1.41. The van der Waals surface area contributed by atoms with Crippen molar-refractivity contribution in [2.45, 2.75) is 32.7 Å². The molecule has 5 heteroatoms. The zero-order valence-corrected chi connectivity index (χ0v) is 14.1. The molecule has 0 heterocycles. The number of ether oxygens (including phenoxy) is 1. The molecule has 21 heavy (non-hydrogen) atoms. The Bertz CT molecular complexity index is 407. The van der Waals surface area contributed by atoms with Crippen LogP contribution in [0.1, 0.15) is 38.3 Å². The monoisotopic (exact) mass is 314 g/mol. The van der Waals surface area contributed by atoms with Crippen LogP contribution >= 0.6 is 12.4 Å². The fraction of sp³-hybridized carbons (Fsp3) is 0.562. The SMILES string of the molecule is CNCCCC(=O)NC(c1ccc(OC)cc1)C(C)C.Cl. The third kappa shape index (κ3) is 6.82. The molecule has 0 bridgehead atoms. The van der Waals surface area contributed by atoms with Crippen molar-refractivity contribution >= 4 is 18.3 Å². The van der Waals surface area contributed by atoms with Crippen LogP contribution in [-0.4, -0.2) is 26.6 Å². The van der Waals surface area contributed by atoms with Gasteiger partial charge in [-0.2, -0.15) is 0 Å². The Kier molecular flexibility index (Phi) is 9.84. The van der Waals surface area contributed by atoms with Crippen molar-refractivity contribution in [1.29, 1.82) is 0 Å². The lowest BCUT2D eigenvalue weighted by Crippen LogP contribution is -2.32. The van der Waals surface area contributed by atoms with Crippen molar-refractivity contribution < 1.29 is 9.53 Å². The van der Waals surface area contributed by atoms with Crippen LogP contribution in [0.25, 0.3) is 0 Å². The number of hydrogen-bond donors (Lipinski definition) is 2. The van der Waals surface area contributed by atoms with Gasteiger partial charge in [0.2, 0.25) is 5.91 Å². The van der Waals surface area contributed by atoms with Crippen molar-refractivity contribution in [2.75, 3.05) is 20.7 Å². The smallest absolute Gasteiger partial charge is 0.220 e. The second kappa shape index (κ2) is 10.5. The van der Waals surface area contributed by atoms with Gasteiger partial charge in [0.05, 0.1) is 13.2 Å². The number of benzene rings is 1. The summed E-state index contributed by atoms with van der Waals surface area (Å²) in [5.74, 6) is 1.28. The second-order valence-corrected chi connectivity index (χ2v) is 5.27. The maximum absolute atomic E-state index is 12.0. The predicted octanol–water partition coefficient (Wildman–Crippen LogP) is 2.93. The highest BCUT2D eigenvalue weighted by Gasteiger charge is 2.18. The fourth-order valence-electron chi connectivity index (χ4n) is 2.12. The van der Waals surface area contributed by atoms with E-state index >= 15 is 0 Å². The highest BCUT2D eigenvalue weighted by Crippen LogP contribution is 2.24. The Morgan fingerprint density at radius 3 is 2.33 bits per heavy atom. The molecule has 0 saturated heterocycles. The maximum Gasteiger partial charge on any atom is 0.220 e. The van der Waals surface area contributed by atoms with Crippen LogP contribution in [0.15, 0.2) is 24.3 Å². The molecular weight excluding hydrogens is 288 g/mol. The summed E-state index contributed by atoms with van der Waals surface area (Å²) in [4.78, 5) is 12.0. The number of rotatable bonds is 8. The zero-order chi connectivity index (χ0) is 15.0. The van der Waals surface area contributed by atoms with Crippen molar-refractivity contribution in [2.24, 2.45) is 5.92 Å². The number of carbonyl (C=O) groups excluding carboxylic acids is 1. The molecular formula is C16H27ClN2O2. The van der Waals surface area contributed by atoms with Crippen molar-refractivity contribution in [3.63, 3.8) is 0 Å². The quantitative estimate of drug-likeness (QED) is 0.725. The molecule has 1 rings (SSSR count). The van der Waals surface area contributed by atoms with E-state index in [1.807, 2.05) is 31.3 Å². The molecule has 0 saturated carbocycles. The lowest BCUT2D eigenvalue weighted by atomic mass is 9.95. The summed E-state index contributed by atoms with van der Waals surface area (Å²) in [7, 11) is 3.55. The van der Waals surface area contributed by atoms with E-state index in [0.29, 0.717) is 12.3 Å². The number of carbonyl (C=O) groups is 1. The van der Waals surface area contributed by atoms with Gasteiger partial charge in [-0.3, -0.25) is 4.79 Å². The summed E-state index contributed by atoms with van der Waals surface area (Å²) < 4.78 is 5.16. The van der Waals surface area contributed by atoms with E-state index in [9.17, 15) is 4.79 Å². The highest BCUT2D eigenvalue weighted by atomic mass is 35.5. The zero-order valence-electron chi connectivity index (χ0n) is 13.3. The molecule has 0 radical (unpaired) electrons. The maximum atomic E-state index is 12.0. The van der Waals surface area contributed by atoms with Gasteiger partial charge in [0.1, 0.15) is 5.75 Å². The largest absolute Gasteiger partial charge is 0.497 e. The van der Waals surface area contributed by atoms with Gasteiger partial charge in [0.15, 0.2) is 0 Å². The highest BCUT2D eigenvalue weighted by molar-refractivity contribution is 5.85. The van der Waals surface area contributed by atoms with Gasteiger partial charge in [-0.1, -0.05) is 26.0 Å². The lowest BCUT2D eigenvalue weighted by Gasteiger charge is -2.23. The van der Waals surface area contributed by atoms with E-state index in [1.54, 1.807) is 7.11 Å². The van der Waals surface area contributed by atoms with Crippen LogP contribution in [0.3, 0.4) is 0 Å². The van der Waals surface area contributed by atoms with Gasteiger partial charge >= 0.3 is 0 Å². The molecule has 1 aromatic rings. The van der Waals surface area contributed by atoms with Crippen molar-refractivity contribution in [3.05, 3.63) is 29.8 Å². The minimum Gasteiger partial charge on any atom is -0.497 e. The molecule has 0 aliphatic rings. The first-order chi connectivity index (χ1) is 9.58. The molecule has 1 aromatic carbocycles. The third-order valence-corrected chi connectivity index (χ3v) is 3.29. The molecule has 0 aliphatic carbocycles. The fourth-order valence-corrected chi connectivity index (χ4v) is 2.12. The summed E-state index contributed by atoms with van der Waals surface area (Å²) >= 11 is 0. The molecule has 2 N–H and O–H groups in total. The van der Waals surface area contributed by atoms with E-state index < -0.39 is 0 Å². The van der Waals surface area contributed by atoms with Crippen LogP contribution in [-0.2, 0) is 4.79 Å². The van der Waals surface area contributed by atoms with E-state index in [1.165, 1.54) is 0 Å². The van der Waals surface area contributed by atoms with E-state index in [4.69, 9.17) is 4.74 Å². The van der Waals surface area contributed by atoms with Gasteiger partial charge < -0.3 is 15.4 Å². The topological polar surface area (TPSA) is 50.4 Å². The standard InChI is InChI=1S/C16H26N2O2.ClH/c1-12(2)16(18-15(19)6-5-11-17-3)13-7-9-14(20-4)10-8-13;/h7-10,12,16-17H,5-6,11H2,1-4H3,(H,18,19);1H. The van der Waals surface area contributed by atoms with E-state index in [2.05, 4.69) is 24.5 Å². The van der Waals surface area contributed by atoms with Crippen LogP contribution in [0.4, 0.5) is 0 Å². The summed E-state index contributed by atoms with van der Waals surface area (Å²) in [5, 5.41) is 6.17. The lowest BCUT2D eigenvalue weighted by molar-refractivity contribution is -0.122. The minimum atomic E-state index is 0. The predicted molar refractivity (Wildman–Crippen MR) is 89.1 cm³/mol. The van der Waals surface area contributed by atoms with Crippen LogP contribution in [0, 0.1) is 5.92 Å². The average Bonchev–Trinajstić information content (AvgIpc) is 2.45. The normalized spacial score (nSPS) is 11.7. The van der Waals surface area contributed by atoms with Crippen molar-refractivity contribution in [1.82, 2.24) is 10.6 Å². The molecule has 0 aliphatic heterocycles. The Hall–Kier alpha value is -1.26. The van der Waals surface area contributed by atoms with Crippen LogP contribution < -0.4 is 15.4 Å². The first-order valence-electron chi connectivity index (χ1n) is 7.16. The van der Waals surface area contributed by atoms with E-state index in [0.717, 1.165) is 24.3 Å². The molecule has 0 fully saturated rings. The summed E-state index contributed by atoms with van der Waals surface area (Å²) in [5.41, 5.74) is 1.11. The summed E-state index contributed by atoms with van der Waals surface area (Å²) in [6, 6.07) is 7.92. The Labute approximate surface area is 134 Å². The molecule has 1 amide bonds.